The Morgan fingerprint density at radius 3 is 2.10 bits per heavy atom. The number of pyridine rings is 2. The van der Waals surface area contributed by atoms with E-state index >= 15 is 0 Å². The third-order valence-electron chi connectivity index (χ3n) is 10.1. The van der Waals surface area contributed by atoms with Gasteiger partial charge in [0.05, 0.1) is 16.7 Å². The van der Waals surface area contributed by atoms with Gasteiger partial charge in [-0.25, -0.2) is 4.98 Å². The van der Waals surface area contributed by atoms with Crippen LogP contribution >= 0.6 is 0 Å². The largest absolute Gasteiger partial charge is 0.458 e. The second-order valence-corrected chi connectivity index (χ2v) is 14.2. The molecule has 0 N–H and O–H groups in total. The van der Waals surface area contributed by atoms with E-state index in [0.29, 0.717) is 17.2 Å². The molecule has 5 aromatic carbocycles. The van der Waals surface area contributed by atoms with Crippen LogP contribution in [0.25, 0.3) is 38.9 Å². The molecule has 2 aliphatic heterocycles. The van der Waals surface area contributed by atoms with Gasteiger partial charge in [0, 0.05) is 40.3 Å². The van der Waals surface area contributed by atoms with E-state index in [9.17, 15) is 0 Å². The standard InChI is InChI=1S/C44H32BN3O3/c1-44(2,3)27-21-23-47-40(24-27)48-35-16-7-4-12-29(35)30-20-19-28(25-36(30)48)49-39-26-31(34-15-10-11-22-46-34)42-41-43(39)51-38-18-9-6-14-33(38)45(41)32-13-5-8-17-37(32)50-42/h4-26H,1-3H3. The van der Waals surface area contributed by atoms with Crippen LogP contribution in [0.3, 0.4) is 0 Å². The lowest BCUT2D eigenvalue weighted by molar-refractivity contribution is 0.416. The van der Waals surface area contributed by atoms with Gasteiger partial charge in [0.25, 0.3) is 6.71 Å². The average molecular weight is 662 g/mol. The zero-order valence-electron chi connectivity index (χ0n) is 28.4. The van der Waals surface area contributed by atoms with Gasteiger partial charge < -0.3 is 14.2 Å². The van der Waals surface area contributed by atoms with E-state index in [2.05, 4.69) is 98.1 Å². The van der Waals surface area contributed by atoms with E-state index in [1.54, 1.807) is 6.20 Å². The highest BCUT2D eigenvalue weighted by molar-refractivity contribution is 6.98. The van der Waals surface area contributed by atoms with E-state index in [1.807, 2.05) is 60.8 Å². The topological polar surface area (TPSA) is 58.4 Å². The summed E-state index contributed by atoms with van der Waals surface area (Å²) < 4.78 is 22.7. The molecule has 244 valence electrons. The highest BCUT2D eigenvalue weighted by atomic mass is 16.5. The molecule has 0 bridgehead atoms. The van der Waals surface area contributed by atoms with Crippen molar-refractivity contribution in [1.29, 1.82) is 0 Å². The number of aromatic nitrogens is 3. The van der Waals surface area contributed by atoms with Crippen molar-refractivity contribution in [3.05, 3.63) is 145 Å². The summed E-state index contributed by atoms with van der Waals surface area (Å²) in [6.07, 6.45) is 3.71. The van der Waals surface area contributed by atoms with Crippen LogP contribution in [0.1, 0.15) is 26.3 Å². The maximum absolute atomic E-state index is 6.94. The van der Waals surface area contributed by atoms with Crippen LogP contribution < -0.4 is 30.6 Å². The molecule has 0 fully saturated rings. The van der Waals surface area contributed by atoms with Crippen molar-refractivity contribution in [1.82, 2.24) is 14.5 Å². The van der Waals surface area contributed by atoms with Crippen LogP contribution in [0.15, 0.2) is 140 Å². The van der Waals surface area contributed by atoms with Crippen molar-refractivity contribution in [3.63, 3.8) is 0 Å². The van der Waals surface area contributed by atoms with Crippen molar-refractivity contribution in [2.24, 2.45) is 0 Å². The number of rotatable bonds is 4. The molecule has 3 aromatic heterocycles. The van der Waals surface area contributed by atoms with Gasteiger partial charge in [-0.2, -0.15) is 0 Å². The van der Waals surface area contributed by atoms with Gasteiger partial charge in [-0.05, 0) is 82.6 Å². The van der Waals surface area contributed by atoms with Gasteiger partial charge in [-0.15, -0.1) is 0 Å². The van der Waals surface area contributed by atoms with Crippen molar-refractivity contribution < 1.29 is 14.2 Å². The SMILES string of the molecule is CC(C)(C)c1ccnc(-n2c3ccccc3c3ccc(Oc4cc(-c5ccccn5)c5c6c4Oc4ccccc4B6c4ccccc4O5)cc32)c1. The molecule has 0 radical (unpaired) electrons. The van der Waals surface area contributed by atoms with Gasteiger partial charge >= 0.3 is 0 Å². The molecule has 0 unspecified atom stereocenters. The first kappa shape index (κ1) is 29.6. The molecule has 0 atom stereocenters. The lowest BCUT2D eigenvalue weighted by atomic mass is 9.34. The Morgan fingerprint density at radius 1 is 0.627 bits per heavy atom. The third-order valence-corrected chi connectivity index (χ3v) is 10.1. The fourth-order valence-corrected chi connectivity index (χ4v) is 7.63. The van der Waals surface area contributed by atoms with Gasteiger partial charge in [-0.1, -0.05) is 81.4 Å². The molecule has 0 amide bonds. The Bertz CT molecular complexity index is 2670. The molecular formula is C44H32BN3O3. The van der Waals surface area contributed by atoms with Crippen LogP contribution in [0.2, 0.25) is 0 Å². The summed E-state index contributed by atoms with van der Waals surface area (Å²) in [4.78, 5) is 9.62. The first-order valence-electron chi connectivity index (χ1n) is 17.3. The van der Waals surface area contributed by atoms with Gasteiger partial charge in [0.15, 0.2) is 11.5 Å². The van der Waals surface area contributed by atoms with Crippen molar-refractivity contribution in [2.75, 3.05) is 0 Å². The zero-order valence-corrected chi connectivity index (χ0v) is 28.4. The monoisotopic (exact) mass is 661 g/mol. The highest BCUT2D eigenvalue weighted by Gasteiger charge is 2.43. The molecule has 2 aliphatic rings. The Hall–Kier alpha value is -6.34. The Morgan fingerprint density at radius 2 is 1.33 bits per heavy atom. The summed E-state index contributed by atoms with van der Waals surface area (Å²) in [6.45, 7) is 6.57. The lowest BCUT2D eigenvalue weighted by Gasteiger charge is -2.34. The van der Waals surface area contributed by atoms with E-state index in [1.165, 1.54) is 5.56 Å². The maximum Gasteiger partial charge on any atom is 0.260 e. The van der Waals surface area contributed by atoms with Crippen LogP contribution in [0, 0.1) is 0 Å². The minimum Gasteiger partial charge on any atom is -0.458 e. The molecule has 0 aliphatic carbocycles. The molecule has 7 heteroatoms. The summed E-state index contributed by atoms with van der Waals surface area (Å²) in [5.74, 6) is 5.13. The highest BCUT2D eigenvalue weighted by Crippen LogP contribution is 2.47. The molecular weight excluding hydrogens is 629 g/mol. The van der Waals surface area contributed by atoms with Crippen molar-refractivity contribution >= 4 is 44.9 Å². The number of hydrogen-bond acceptors (Lipinski definition) is 5. The van der Waals surface area contributed by atoms with Crippen LogP contribution in [0.4, 0.5) is 0 Å². The second-order valence-electron chi connectivity index (χ2n) is 14.2. The van der Waals surface area contributed by atoms with Crippen molar-refractivity contribution in [2.45, 2.75) is 26.2 Å². The summed E-state index contributed by atoms with van der Waals surface area (Å²) in [7, 11) is 0. The first-order chi connectivity index (χ1) is 24.9. The number of benzene rings is 5. The Kier molecular flexibility index (Phi) is 6.43. The van der Waals surface area contributed by atoms with E-state index in [-0.39, 0.29) is 12.1 Å². The normalized spacial score (nSPS) is 12.9. The lowest BCUT2D eigenvalue weighted by Crippen LogP contribution is -2.57. The predicted molar refractivity (Wildman–Crippen MR) is 205 cm³/mol. The first-order valence-corrected chi connectivity index (χ1v) is 17.3. The summed E-state index contributed by atoms with van der Waals surface area (Å²) in [5.41, 5.74) is 8.02. The van der Waals surface area contributed by atoms with Gasteiger partial charge in [-0.3, -0.25) is 9.55 Å². The number of hydrogen-bond donors (Lipinski definition) is 0. The number of fused-ring (bicyclic) bond motifs is 7. The summed E-state index contributed by atoms with van der Waals surface area (Å²) >= 11 is 0. The summed E-state index contributed by atoms with van der Waals surface area (Å²) in [6, 6.07) is 43.4. The minimum atomic E-state index is -0.109. The smallest absolute Gasteiger partial charge is 0.260 e. The fraction of sp³-hybridized carbons (Fsp3) is 0.0909. The van der Waals surface area contributed by atoms with E-state index in [4.69, 9.17) is 24.2 Å². The minimum absolute atomic E-state index is 0.0232. The van der Waals surface area contributed by atoms with E-state index < -0.39 is 0 Å². The molecule has 0 saturated carbocycles. The zero-order chi connectivity index (χ0) is 34.3. The average Bonchev–Trinajstić information content (AvgIpc) is 3.49. The Balaban J connectivity index is 1.19. The van der Waals surface area contributed by atoms with Gasteiger partial charge in [0.2, 0.25) is 0 Å². The second kappa shape index (κ2) is 11.1. The quantitative estimate of drug-likeness (QED) is 0.176. The predicted octanol–water partition coefficient (Wildman–Crippen LogP) is 9.06. The maximum atomic E-state index is 6.94. The number of ether oxygens (including phenoxy) is 3. The van der Waals surface area contributed by atoms with Crippen LogP contribution in [0.5, 0.6) is 34.5 Å². The molecule has 0 saturated heterocycles. The number of para-hydroxylation sites is 3. The molecule has 0 spiro atoms. The molecule has 51 heavy (non-hydrogen) atoms. The van der Waals surface area contributed by atoms with Crippen molar-refractivity contribution in [3.8, 4) is 51.6 Å². The molecule has 8 aromatic rings. The number of nitrogens with zero attached hydrogens (tertiary/aromatic N) is 3. The van der Waals surface area contributed by atoms with E-state index in [0.717, 1.165) is 72.5 Å². The Labute approximate surface area is 296 Å². The van der Waals surface area contributed by atoms with Gasteiger partial charge in [0.1, 0.15) is 28.8 Å². The molecule has 10 rings (SSSR count). The molecule has 6 nitrogen and oxygen atoms in total. The fourth-order valence-electron chi connectivity index (χ4n) is 7.63. The summed E-state index contributed by atoms with van der Waals surface area (Å²) in [5, 5.41) is 2.28. The van der Waals surface area contributed by atoms with Crippen LogP contribution in [-0.2, 0) is 5.41 Å². The van der Waals surface area contributed by atoms with Crippen LogP contribution in [-0.4, -0.2) is 21.2 Å². The molecule has 5 heterocycles. The third kappa shape index (κ3) is 4.65.